The number of carbonyl (C=O) groups is 1. The van der Waals surface area contributed by atoms with Gasteiger partial charge in [0.2, 0.25) is 0 Å². The van der Waals surface area contributed by atoms with Crippen molar-refractivity contribution >= 4 is 11.5 Å². The minimum atomic E-state index is -0.492. The summed E-state index contributed by atoms with van der Waals surface area (Å²) in [7, 11) is 0. The van der Waals surface area contributed by atoms with Gasteiger partial charge in [0.05, 0.1) is 0 Å². The third kappa shape index (κ3) is 1.56. The fourth-order valence-corrected chi connectivity index (χ4v) is 0.836. The lowest BCUT2D eigenvalue weighted by Gasteiger charge is -1.99. The van der Waals surface area contributed by atoms with E-state index in [-0.39, 0.29) is 5.78 Å². The second-order valence-electron chi connectivity index (χ2n) is 2.17. The van der Waals surface area contributed by atoms with Gasteiger partial charge in [0, 0.05) is 11.3 Å². The highest BCUT2D eigenvalue weighted by Gasteiger charge is 2.05. The molecule has 0 atom stereocenters. The lowest BCUT2D eigenvalue weighted by Crippen LogP contribution is -2.07. The van der Waals surface area contributed by atoms with Crippen molar-refractivity contribution in [2.45, 2.75) is 0 Å². The molecule has 0 unspecified atom stereocenters. The molecule has 0 aliphatic rings. The number of hydrogen-bond acceptors (Lipinski definition) is 3. The Kier molecular flexibility index (Phi) is 2.23. The van der Waals surface area contributed by atoms with Crippen molar-refractivity contribution in [3.8, 4) is 0 Å². The molecule has 0 heterocycles. The summed E-state index contributed by atoms with van der Waals surface area (Å²) in [6.45, 7) is -0.492. The highest BCUT2D eigenvalue weighted by atomic mass is 16.3. The van der Waals surface area contributed by atoms with Crippen LogP contribution in [0.5, 0.6) is 0 Å². The first-order valence-corrected chi connectivity index (χ1v) is 3.24. The molecule has 1 aromatic rings. The zero-order chi connectivity index (χ0) is 8.27. The normalized spacial score (nSPS) is 9.55. The van der Waals surface area contributed by atoms with E-state index in [4.69, 9.17) is 10.8 Å². The number of nitrogen functional groups attached to an aromatic ring is 1. The molecule has 0 saturated carbocycles. The van der Waals surface area contributed by atoms with Crippen LogP contribution in [0.1, 0.15) is 10.4 Å². The number of ketones is 1. The molecule has 3 heteroatoms. The Bertz CT molecular complexity index is 271. The van der Waals surface area contributed by atoms with E-state index in [2.05, 4.69) is 0 Å². The van der Waals surface area contributed by atoms with Crippen LogP contribution in [0.3, 0.4) is 0 Å². The number of rotatable bonds is 2. The molecule has 0 aliphatic heterocycles. The molecule has 0 spiro atoms. The van der Waals surface area contributed by atoms with Gasteiger partial charge in [-0.25, -0.2) is 0 Å². The second kappa shape index (κ2) is 3.16. The molecular formula is C8H9NO2. The minimum Gasteiger partial charge on any atom is -0.398 e. The number of anilines is 1. The zero-order valence-electron chi connectivity index (χ0n) is 5.95. The molecule has 1 rings (SSSR count). The van der Waals surface area contributed by atoms with Gasteiger partial charge in [-0.3, -0.25) is 4.79 Å². The molecule has 0 radical (unpaired) electrons. The Morgan fingerprint density at radius 1 is 1.45 bits per heavy atom. The van der Waals surface area contributed by atoms with Gasteiger partial charge in [0.1, 0.15) is 6.61 Å². The molecule has 3 N–H and O–H groups in total. The van der Waals surface area contributed by atoms with Crippen LogP contribution in [0.4, 0.5) is 5.69 Å². The maximum atomic E-state index is 10.9. The topological polar surface area (TPSA) is 63.3 Å². The van der Waals surface area contributed by atoms with Crippen molar-refractivity contribution < 1.29 is 9.90 Å². The molecule has 0 saturated heterocycles. The number of carbonyl (C=O) groups excluding carboxylic acids is 1. The van der Waals surface area contributed by atoms with Crippen LogP contribution < -0.4 is 5.73 Å². The molecule has 0 amide bonds. The van der Waals surface area contributed by atoms with Gasteiger partial charge in [0.25, 0.3) is 0 Å². The van der Waals surface area contributed by atoms with E-state index < -0.39 is 6.61 Å². The Hall–Kier alpha value is -1.35. The van der Waals surface area contributed by atoms with Gasteiger partial charge in [0.15, 0.2) is 5.78 Å². The fraction of sp³-hybridized carbons (Fsp3) is 0.125. The summed E-state index contributed by atoms with van der Waals surface area (Å²) in [6.07, 6.45) is 0. The van der Waals surface area contributed by atoms with Crippen LogP contribution in [-0.2, 0) is 0 Å². The fourth-order valence-electron chi connectivity index (χ4n) is 0.836. The summed E-state index contributed by atoms with van der Waals surface area (Å²) < 4.78 is 0. The first-order chi connectivity index (χ1) is 5.25. The summed E-state index contributed by atoms with van der Waals surface area (Å²) in [4.78, 5) is 10.9. The van der Waals surface area contributed by atoms with E-state index in [9.17, 15) is 4.79 Å². The van der Waals surface area contributed by atoms with Gasteiger partial charge >= 0.3 is 0 Å². The second-order valence-corrected chi connectivity index (χ2v) is 2.17. The van der Waals surface area contributed by atoms with Crippen LogP contribution in [-0.4, -0.2) is 17.5 Å². The monoisotopic (exact) mass is 151 g/mol. The van der Waals surface area contributed by atoms with E-state index in [1.807, 2.05) is 0 Å². The van der Waals surface area contributed by atoms with Gasteiger partial charge in [-0.1, -0.05) is 12.1 Å². The first kappa shape index (κ1) is 7.75. The molecule has 1 aromatic carbocycles. The van der Waals surface area contributed by atoms with Crippen molar-refractivity contribution in [2.75, 3.05) is 12.3 Å². The molecule has 0 aliphatic carbocycles. The predicted octanol–water partition coefficient (Wildman–Crippen LogP) is 0.444. The Morgan fingerprint density at radius 3 is 2.64 bits per heavy atom. The number of hydrogen-bond donors (Lipinski definition) is 2. The average Bonchev–Trinajstić information content (AvgIpc) is 2.04. The maximum absolute atomic E-state index is 10.9. The van der Waals surface area contributed by atoms with E-state index in [0.717, 1.165) is 0 Å². The predicted molar refractivity (Wildman–Crippen MR) is 42.3 cm³/mol. The van der Waals surface area contributed by atoms with E-state index in [1.54, 1.807) is 24.3 Å². The van der Waals surface area contributed by atoms with Crippen molar-refractivity contribution in [3.63, 3.8) is 0 Å². The number of benzene rings is 1. The van der Waals surface area contributed by atoms with Gasteiger partial charge in [-0.2, -0.15) is 0 Å². The van der Waals surface area contributed by atoms with Crippen molar-refractivity contribution in [3.05, 3.63) is 29.8 Å². The number of aliphatic hydroxyl groups excluding tert-OH is 1. The Labute approximate surface area is 64.5 Å². The number of Topliss-reactive ketones (excluding diaryl/α,β-unsaturated/α-hetero) is 1. The number of para-hydroxylation sites is 1. The van der Waals surface area contributed by atoms with Crippen LogP contribution in [0, 0.1) is 0 Å². The highest BCUT2D eigenvalue weighted by molar-refractivity contribution is 6.01. The molecule has 11 heavy (non-hydrogen) atoms. The van der Waals surface area contributed by atoms with Gasteiger partial charge in [-0.05, 0) is 12.1 Å². The summed E-state index contributed by atoms with van der Waals surface area (Å²) in [5, 5.41) is 8.51. The standard InChI is InChI=1S/C8H9NO2/c9-7-4-2-1-3-6(7)8(11)5-10/h1-4,10H,5,9H2. The third-order valence-corrected chi connectivity index (χ3v) is 1.40. The molecule has 0 fully saturated rings. The minimum absolute atomic E-state index is 0.344. The molecule has 0 bridgehead atoms. The van der Waals surface area contributed by atoms with E-state index in [0.29, 0.717) is 11.3 Å². The Morgan fingerprint density at radius 2 is 2.09 bits per heavy atom. The highest BCUT2D eigenvalue weighted by Crippen LogP contribution is 2.10. The van der Waals surface area contributed by atoms with Crippen molar-refractivity contribution in [1.82, 2.24) is 0 Å². The molecular weight excluding hydrogens is 142 g/mol. The van der Waals surface area contributed by atoms with E-state index in [1.165, 1.54) is 0 Å². The van der Waals surface area contributed by atoms with Crippen molar-refractivity contribution in [1.29, 1.82) is 0 Å². The SMILES string of the molecule is Nc1ccccc1C(=O)CO. The third-order valence-electron chi connectivity index (χ3n) is 1.40. The van der Waals surface area contributed by atoms with Crippen molar-refractivity contribution in [2.24, 2.45) is 0 Å². The largest absolute Gasteiger partial charge is 0.398 e. The quantitative estimate of drug-likeness (QED) is 0.476. The Balaban J connectivity index is 3.03. The van der Waals surface area contributed by atoms with Gasteiger partial charge in [-0.15, -0.1) is 0 Å². The number of nitrogens with two attached hydrogens (primary N) is 1. The van der Waals surface area contributed by atoms with Crippen LogP contribution in [0.25, 0.3) is 0 Å². The molecule has 0 aromatic heterocycles. The summed E-state index contributed by atoms with van der Waals surface area (Å²) in [6, 6.07) is 6.67. The van der Waals surface area contributed by atoms with Crippen LogP contribution in [0.2, 0.25) is 0 Å². The first-order valence-electron chi connectivity index (χ1n) is 3.24. The maximum Gasteiger partial charge on any atom is 0.190 e. The summed E-state index contributed by atoms with van der Waals surface area (Å²) >= 11 is 0. The number of aliphatic hydroxyl groups is 1. The summed E-state index contributed by atoms with van der Waals surface area (Å²) in [5.41, 5.74) is 6.26. The lowest BCUT2D eigenvalue weighted by atomic mass is 10.1. The van der Waals surface area contributed by atoms with Crippen LogP contribution >= 0.6 is 0 Å². The van der Waals surface area contributed by atoms with Crippen LogP contribution in [0.15, 0.2) is 24.3 Å². The molecule has 58 valence electrons. The van der Waals surface area contributed by atoms with E-state index >= 15 is 0 Å². The molecule has 3 nitrogen and oxygen atoms in total. The zero-order valence-corrected chi connectivity index (χ0v) is 5.95. The lowest BCUT2D eigenvalue weighted by molar-refractivity contribution is 0.0904. The summed E-state index contributed by atoms with van der Waals surface area (Å²) in [5.74, 6) is -0.344. The average molecular weight is 151 g/mol. The smallest absolute Gasteiger partial charge is 0.190 e. The van der Waals surface area contributed by atoms with Gasteiger partial charge < -0.3 is 10.8 Å².